The van der Waals surface area contributed by atoms with Crippen molar-refractivity contribution in [2.45, 2.75) is 40.2 Å². The van der Waals surface area contributed by atoms with Gasteiger partial charge in [0.25, 0.3) is 0 Å². The Kier molecular flexibility index (Phi) is 4.69. The van der Waals surface area contributed by atoms with Gasteiger partial charge in [0, 0.05) is 19.6 Å². The molecular weight excluding hydrogens is 238 g/mol. The Balaban J connectivity index is 1.82. The Labute approximate surface area is 116 Å². The number of nitrogen functional groups attached to an aromatic ring is 1. The van der Waals surface area contributed by atoms with Crippen LogP contribution in [0, 0.1) is 12.8 Å². The Hall–Kier alpha value is -1.23. The van der Waals surface area contributed by atoms with Gasteiger partial charge in [-0.25, -0.2) is 4.68 Å². The Morgan fingerprint density at radius 2 is 2.05 bits per heavy atom. The summed E-state index contributed by atoms with van der Waals surface area (Å²) < 4.78 is 1.95. The van der Waals surface area contributed by atoms with Crippen molar-refractivity contribution in [2.24, 2.45) is 5.92 Å². The number of hydrogen-bond acceptors (Lipinski definition) is 4. The summed E-state index contributed by atoms with van der Waals surface area (Å²) >= 11 is 0. The lowest BCUT2D eigenvalue weighted by Crippen LogP contribution is -2.36. The lowest BCUT2D eigenvalue weighted by molar-refractivity contribution is 0.199. The van der Waals surface area contributed by atoms with Crippen molar-refractivity contribution in [1.82, 2.24) is 14.7 Å². The summed E-state index contributed by atoms with van der Waals surface area (Å²) in [5.74, 6) is 1.87. The number of likely N-dealkylation sites (tertiary alicyclic amines) is 1. The van der Waals surface area contributed by atoms with E-state index in [-0.39, 0.29) is 0 Å². The average Bonchev–Trinajstić information content (AvgIpc) is 2.68. The molecule has 0 saturated carbocycles. The molecule has 0 bridgehead atoms. The molecule has 2 rings (SSSR count). The number of nitrogens with zero attached hydrogens (tertiary/aromatic N) is 3. The average molecular weight is 265 g/mol. The predicted molar refractivity (Wildman–Crippen MR) is 80.4 cm³/mol. The van der Waals surface area contributed by atoms with Gasteiger partial charge in [-0.05, 0) is 45.7 Å². The van der Waals surface area contributed by atoms with Gasteiger partial charge < -0.3 is 16.0 Å². The second-order valence-corrected chi connectivity index (χ2v) is 5.61. The van der Waals surface area contributed by atoms with Gasteiger partial charge in [0.1, 0.15) is 5.82 Å². The van der Waals surface area contributed by atoms with E-state index in [9.17, 15) is 0 Å². The molecular formula is C14H27N5. The van der Waals surface area contributed by atoms with Gasteiger partial charge >= 0.3 is 0 Å². The lowest BCUT2D eigenvalue weighted by Gasteiger charge is -2.30. The Morgan fingerprint density at radius 3 is 2.68 bits per heavy atom. The highest BCUT2D eigenvalue weighted by Crippen LogP contribution is 2.22. The summed E-state index contributed by atoms with van der Waals surface area (Å²) in [4.78, 5) is 2.53. The standard InChI is InChI=1S/C14H27N5/c1-4-19-14(13(15)12(3)17-19)16-7-10-18-8-5-11(2)6-9-18/h11,16H,4-10,15H2,1-3H3. The zero-order valence-electron chi connectivity index (χ0n) is 12.4. The zero-order chi connectivity index (χ0) is 13.8. The van der Waals surface area contributed by atoms with Crippen molar-refractivity contribution in [3.63, 3.8) is 0 Å². The van der Waals surface area contributed by atoms with Crippen LogP contribution in [0.3, 0.4) is 0 Å². The molecule has 1 aliphatic rings. The number of nitrogens with one attached hydrogen (secondary N) is 1. The highest BCUT2D eigenvalue weighted by molar-refractivity contribution is 5.64. The van der Waals surface area contributed by atoms with Crippen molar-refractivity contribution >= 4 is 11.5 Å². The summed E-state index contributed by atoms with van der Waals surface area (Å²) in [5, 5.41) is 7.87. The maximum Gasteiger partial charge on any atom is 0.148 e. The summed E-state index contributed by atoms with van der Waals surface area (Å²) in [6.45, 7) is 11.7. The highest BCUT2D eigenvalue weighted by Gasteiger charge is 2.16. The molecule has 1 saturated heterocycles. The van der Waals surface area contributed by atoms with E-state index in [2.05, 4.69) is 29.2 Å². The van der Waals surface area contributed by atoms with Crippen LogP contribution in [0.25, 0.3) is 0 Å². The largest absolute Gasteiger partial charge is 0.394 e. The van der Waals surface area contributed by atoms with E-state index in [4.69, 9.17) is 5.73 Å². The zero-order valence-corrected chi connectivity index (χ0v) is 12.4. The van der Waals surface area contributed by atoms with E-state index >= 15 is 0 Å². The van der Waals surface area contributed by atoms with Gasteiger partial charge in [0.15, 0.2) is 0 Å². The second-order valence-electron chi connectivity index (χ2n) is 5.61. The SMILES string of the molecule is CCn1nc(C)c(N)c1NCCN1CCC(C)CC1. The minimum atomic E-state index is 0.786. The van der Waals surface area contributed by atoms with Gasteiger partial charge in [-0.1, -0.05) is 6.92 Å². The van der Waals surface area contributed by atoms with Crippen molar-refractivity contribution in [1.29, 1.82) is 0 Å². The van der Waals surface area contributed by atoms with Crippen molar-refractivity contribution < 1.29 is 0 Å². The summed E-state index contributed by atoms with van der Waals surface area (Å²) in [5.41, 5.74) is 7.76. The fourth-order valence-corrected chi connectivity index (χ4v) is 2.63. The van der Waals surface area contributed by atoms with E-state index in [0.717, 1.165) is 42.8 Å². The van der Waals surface area contributed by atoms with Crippen LogP contribution in [0.2, 0.25) is 0 Å². The maximum absolute atomic E-state index is 6.06. The van der Waals surface area contributed by atoms with E-state index in [1.165, 1.54) is 25.9 Å². The fourth-order valence-electron chi connectivity index (χ4n) is 2.63. The number of anilines is 2. The smallest absolute Gasteiger partial charge is 0.148 e. The number of piperidine rings is 1. The third-order valence-corrected chi connectivity index (χ3v) is 4.07. The minimum Gasteiger partial charge on any atom is -0.394 e. The van der Waals surface area contributed by atoms with Crippen LogP contribution in [-0.4, -0.2) is 40.9 Å². The second kappa shape index (κ2) is 6.28. The van der Waals surface area contributed by atoms with Crippen LogP contribution in [-0.2, 0) is 6.54 Å². The predicted octanol–water partition coefficient (Wildman–Crippen LogP) is 1.94. The first kappa shape index (κ1) is 14.2. The first-order chi connectivity index (χ1) is 9.11. The maximum atomic E-state index is 6.06. The third kappa shape index (κ3) is 3.41. The molecule has 2 heterocycles. The minimum absolute atomic E-state index is 0.786. The first-order valence-electron chi connectivity index (χ1n) is 7.41. The monoisotopic (exact) mass is 265 g/mol. The number of nitrogens with two attached hydrogens (primary N) is 1. The quantitative estimate of drug-likeness (QED) is 0.854. The molecule has 1 fully saturated rings. The number of aromatic nitrogens is 2. The van der Waals surface area contributed by atoms with Crippen LogP contribution in [0.5, 0.6) is 0 Å². The Morgan fingerprint density at radius 1 is 1.37 bits per heavy atom. The van der Waals surface area contributed by atoms with E-state index in [1.807, 2.05) is 11.6 Å². The number of rotatable bonds is 5. The molecule has 108 valence electrons. The van der Waals surface area contributed by atoms with Gasteiger partial charge in [-0.15, -0.1) is 0 Å². The third-order valence-electron chi connectivity index (χ3n) is 4.07. The normalized spacial score (nSPS) is 17.8. The molecule has 5 nitrogen and oxygen atoms in total. The summed E-state index contributed by atoms with van der Waals surface area (Å²) in [6, 6.07) is 0. The molecule has 5 heteroatoms. The van der Waals surface area contributed by atoms with Crippen LogP contribution in [0.1, 0.15) is 32.4 Å². The van der Waals surface area contributed by atoms with Crippen LogP contribution in [0.15, 0.2) is 0 Å². The molecule has 0 spiro atoms. The van der Waals surface area contributed by atoms with Gasteiger partial charge in [-0.2, -0.15) is 5.10 Å². The fraction of sp³-hybridized carbons (Fsp3) is 0.786. The van der Waals surface area contributed by atoms with Crippen LogP contribution >= 0.6 is 0 Å². The van der Waals surface area contributed by atoms with Crippen molar-refractivity contribution in [3.05, 3.63) is 5.69 Å². The molecule has 0 unspecified atom stereocenters. The molecule has 0 aromatic carbocycles. The number of aryl methyl sites for hydroxylation is 2. The molecule has 0 aliphatic carbocycles. The highest BCUT2D eigenvalue weighted by atomic mass is 15.3. The molecule has 0 atom stereocenters. The topological polar surface area (TPSA) is 59.1 Å². The van der Waals surface area contributed by atoms with Gasteiger partial charge in [-0.3, -0.25) is 0 Å². The Bertz CT molecular complexity index is 404. The molecule has 1 aliphatic heterocycles. The van der Waals surface area contributed by atoms with Crippen molar-refractivity contribution in [2.75, 3.05) is 37.2 Å². The summed E-state index contributed by atoms with van der Waals surface area (Å²) in [7, 11) is 0. The lowest BCUT2D eigenvalue weighted by atomic mass is 9.99. The molecule has 19 heavy (non-hydrogen) atoms. The van der Waals surface area contributed by atoms with E-state index in [0.29, 0.717) is 0 Å². The van der Waals surface area contributed by atoms with E-state index in [1.54, 1.807) is 0 Å². The van der Waals surface area contributed by atoms with Gasteiger partial charge in [0.05, 0.1) is 11.4 Å². The summed E-state index contributed by atoms with van der Waals surface area (Å²) in [6.07, 6.45) is 2.66. The molecule has 1 aromatic heterocycles. The molecule has 3 N–H and O–H groups in total. The molecule has 1 aromatic rings. The van der Waals surface area contributed by atoms with Crippen LogP contribution < -0.4 is 11.1 Å². The number of hydrogen-bond donors (Lipinski definition) is 2. The van der Waals surface area contributed by atoms with E-state index < -0.39 is 0 Å². The van der Waals surface area contributed by atoms with Crippen molar-refractivity contribution in [3.8, 4) is 0 Å². The first-order valence-corrected chi connectivity index (χ1v) is 7.41. The van der Waals surface area contributed by atoms with Gasteiger partial charge in [0.2, 0.25) is 0 Å². The molecule has 0 radical (unpaired) electrons. The van der Waals surface area contributed by atoms with Crippen LogP contribution in [0.4, 0.5) is 11.5 Å². The molecule has 0 amide bonds.